The predicted octanol–water partition coefficient (Wildman–Crippen LogP) is 1.99. The Morgan fingerprint density at radius 3 is 2.02 bits per heavy atom. The zero-order valence-corrected chi connectivity index (χ0v) is 26.8. The standard InChI is InChI=1S/C32H47N5O7S/c1-44-28-10-11-29(26-5-3-2-4-25(26)28)45(42,43)37-27(32(40)41)20-35-30(38)21-36-31(39)24(8-6-22-12-16-33-17-13-22)9-7-23-14-18-34-19-15-23/h2-5,10-11,22-24,27,33-34,37H,6-9,12-21H2,1H3,(H,35,38)(H,36,39)(H,40,41). The van der Waals surface area contributed by atoms with Gasteiger partial charge in [-0.3, -0.25) is 14.4 Å². The summed E-state index contributed by atoms with van der Waals surface area (Å²) in [4.78, 5) is 37.8. The molecule has 0 bridgehead atoms. The lowest BCUT2D eigenvalue weighted by atomic mass is 9.84. The van der Waals surface area contributed by atoms with Gasteiger partial charge in [-0.1, -0.05) is 24.3 Å². The quantitative estimate of drug-likeness (QED) is 0.160. The number of piperidine rings is 2. The number of nitrogens with one attached hydrogen (secondary N) is 5. The Kier molecular flexibility index (Phi) is 13.0. The average molecular weight is 646 g/mol. The molecule has 12 nitrogen and oxygen atoms in total. The average Bonchev–Trinajstić information content (AvgIpc) is 3.05. The van der Waals surface area contributed by atoms with Crippen LogP contribution in [0, 0.1) is 17.8 Å². The van der Waals surface area contributed by atoms with E-state index in [4.69, 9.17) is 4.74 Å². The van der Waals surface area contributed by atoms with Crippen molar-refractivity contribution in [2.24, 2.45) is 17.8 Å². The van der Waals surface area contributed by atoms with Crippen LogP contribution in [0.1, 0.15) is 51.4 Å². The van der Waals surface area contributed by atoms with Crippen LogP contribution in [-0.2, 0) is 24.4 Å². The van der Waals surface area contributed by atoms with Crippen LogP contribution in [0.25, 0.3) is 10.8 Å². The van der Waals surface area contributed by atoms with Crippen LogP contribution in [0.3, 0.4) is 0 Å². The van der Waals surface area contributed by atoms with Crippen molar-refractivity contribution in [3.8, 4) is 5.75 Å². The van der Waals surface area contributed by atoms with Gasteiger partial charge in [0.25, 0.3) is 0 Å². The van der Waals surface area contributed by atoms with Gasteiger partial charge in [0.2, 0.25) is 21.8 Å². The van der Waals surface area contributed by atoms with Gasteiger partial charge in [-0.25, -0.2) is 8.42 Å². The Balaban J connectivity index is 1.31. The normalized spacial score (nSPS) is 17.2. The van der Waals surface area contributed by atoms with Gasteiger partial charge in [-0.2, -0.15) is 4.72 Å². The fourth-order valence-electron chi connectivity index (χ4n) is 6.30. The first-order chi connectivity index (χ1) is 21.7. The highest BCUT2D eigenvalue weighted by molar-refractivity contribution is 7.89. The molecule has 248 valence electrons. The molecule has 13 heteroatoms. The number of fused-ring (bicyclic) bond motifs is 1. The summed E-state index contributed by atoms with van der Waals surface area (Å²) in [6.07, 6.45) is 7.91. The molecule has 2 aromatic carbocycles. The molecule has 2 aromatic rings. The number of sulfonamides is 1. The Labute approximate surface area is 265 Å². The molecule has 1 atom stereocenters. The van der Waals surface area contributed by atoms with E-state index in [0.29, 0.717) is 28.4 Å². The van der Waals surface area contributed by atoms with Crippen molar-refractivity contribution in [1.29, 1.82) is 0 Å². The van der Waals surface area contributed by atoms with Crippen molar-refractivity contribution in [1.82, 2.24) is 26.0 Å². The van der Waals surface area contributed by atoms with E-state index in [1.54, 1.807) is 24.3 Å². The lowest BCUT2D eigenvalue weighted by Crippen LogP contribution is -2.50. The van der Waals surface area contributed by atoms with Crippen molar-refractivity contribution in [2.75, 3.05) is 46.4 Å². The highest BCUT2D eigenvalue weighted by Gasteiger charge is 2.28. The van der Waals surface area contributed by atoms with Crippen molar-refractivity contribution in [2.45, 2.75) is 62.3 Å². The second-order valence-electron chi connectivity index (χ2n) is 12.1. The summed E-state index contributed by atoms with van der Waals surface area (Å²) >= 11 is 0. The number of carbonyl (C=O) groups is 3. The van der Waals surface area contributed by atoms with E-state index in [1.807, 2.05) is 0 Å². The molecule has 2 amide bonds. The van der Waals surface area contributed by atoms with E-state index in [2.05, 4.69) is 26.0 Å². The number of rotatable bonds is 16. The van der Waals surface area contributed by atoms with E-state index in [-0.39, 0.29) is 23.3 Å². The number of ether oxygens (including phenoxy) is 1. The topological polar surface area (TPSA) is 175 Å². The highest BCUT2D eigenvalue weighted by atomic mass is 32.2. The number of carboxylic acids is 1. The zero-order chi connectivity index (χ0) is 32.2. The molecule has 1 unspecified atom stereocenters. The minimum atomic E-state index is -4.29. The zero-order valence-electron chi connectivity index (χ0n) is 26.0. The highest BCUT2D eigenvalue weighted by Crippen LogP contribution is 2.31. The Morgan fingerprint density at radius 2 is 1.47 bits per heavy atom. The predicted molar refractivity (Wildman–Crippen MR) is 171 cm³/mol. The lowest BCUT2D eigenvalue weighted by molar-refractivity contribution is -0.139. The first kappa shape index (κ1) is 34.6. The Bertz CT molecular complexity index is 1390. The SMILES string of the molecule is COc1ccc(S(=O)(=O)NC(CNC(=O)CNC(=O)C(CCC2CCNCC2)CCC2CCNCC2)C(=O)O)c2ccccc12. The van der Waals surface area contributed by atoms with E-state index in [0.717, 1.165) is 77.5 Å². The summed E-state index contributed by atoms with van der Waals surface area (Å²) in [6, 6.07) is 7.97. The minimum Gasteiger partial charge on any atom is -0.496 e. The number of carboxylic acid groups (broad SMARTS) is 1. The van der Waals surface area contributed by atoms with Crippen molar-refractivity contribution in [3.05, 3.63) is 36.4 Å². The van der Waals surface area contributed by atoms with Crippen LogP contribution in [-0.4, -0.2) is 83.7 Å². The third kappa shape index (κ3) is 10.1. The third-order valence-corrected chi connectivity index (χ3v) is 10.5. The fourth-order valence-corrected chi connectivity index (χ4v) is 7.70. The lowest BCUT2D eigenvalue weighted by Gasteiger charge is -2.27. The van der Waals surface area contributed by atoms with E-state index >= 15 is 0 Å². The largest absolute Gasteiger partial charge is 0.496 e. The van der Waals surface area contributed by atoms with Crippen molar-refractivity contribution >= 4 is 38.6 Å². The van der Waals surface area contributed by atoms with Crippen LogP contribution in [0.5, 0.6) is 5.75 Å². The second kappa shape index (κ2) is 16.9. The molecule has 45 heavy (non-hydrogen) atoms. The molecule has 6 N–H and O–H groups in total. The molecule has 2 fully saturated rings. The number of benzene rings is 2. The van der Waals surface area contributed by atoms with Crippen molar-refractivity contribution < 1.29 is 32.6 Å². The smallest absolute Gasteiger partial charge is 0.323 e. The van der Waals surface area contributed by atoms with Gasteiger partial charge in [0, 0.05) is 23.2 Å². The van der Waals surface area contributed by atoms with Gasteiger partial charge < -0.3 is 31.1 Å². The number of amides is 2. The Morgan fingerprint density at radius 1 is 0.889 bits per heavy atom. The van der Waals surface area contributed by atoms with Gasteiger partial charge in [0.15, 0.2) is 0 Å². The van der Waals surface area contributed by atoms with Gasteiger partial charge >= 0.3 is 5.97 Å². The molecule has 0 radical (unpaired) electrons. The second-order valence-corrected chi connectivity index (χ2v) is 13.8. The first-order valence-corrected chi connectivity index (χ1v) is 17.4. The number of hydrogen-bond acceptors (Lipinski definition) is 8. The minimum absolute atomic E-state index is 0.108. The monoisotopic (exact) mass is 645 g/mol. The molecule has 0 aliphatic carbocycles. The van der Waals surface area contributed by atoms with Crippen molar-refractivity contribution in [3.63, 3.8) is 0 Å². The maximum Gasteiger partial charge on any atom is 0.323 e. The van der Waals surface area contributed by atoms with Crippen LogP contribution in [0.4, 0.5) is 0 Å². The molecule has 2 saturated heterocycles. The molecule has 2 heterocycles. The van der Waals surface area contributed by atoms with Gasteiger partial charge in [-0.15, -0.1) is 0 Å². The molecular weight excluding hydrogens is 598 g/mol. The summed E-state index contributed by atoms with van der Waals surface area (Å²) in [5.41, 5.74) is 0. The van der Waals surface area contributed by atoms with Crippen LogP contribution in [0.15, 0.2) is 41.3 Å². The van der Waals surface area contributed by atoms with Crippen LogP contribution >= 0.6 is 0 Å². The molecule has 0 saturated carbocycles. The van der Waals surface area contributed by atoms with Gasteiger partial charge in [0.05, 0.1) is 18.6 Å². The summed E-state index contributed by atoms with van der Waals surface area (Å²) < 4.78 is 34.0. The number of hydrogen-bond donors (Lipinski definition) is 6. The molecular formula is C32H47N5O7S. The maximum atomic E-state index is 13.3. The molecule has 0 aromatic heterocycles. The summed E-state index contributed by atoms with van der Waals surface area (Å²) in [6.45, 7) is 3.19. The maximum absolute atomic E-state index is 13.3. The number of methoxy groups -OCH3 is 1. The summed E-state index contributed by atoms with van der Waals surface area (Å²) in [5.74, 6) is -0.743. The fraction of sp³-hybridized carbons (Fsp3) is 0.594. The van der Waals surface area contributed by atoms with Gasteiger partial charge in [-0.05, 0) is 102 Å². The Hall–Kier alpha value is -3.26. The van der Waals surface area contributed by atoms with Crippen LogP contribution in [0.2, 0.25) is 0 Å². The number of aliphatic carboxylic acids is 1. The van der Waals surface area contributed by atoms with E-state index in [9.17, 15) is 27.9 Å². The first-order valence-electron chi connectivity index (χ1n) is 15.9. The molecule has 2 aliphatic rings. The van der Waals surface area contributed by atoms with E-state index in [1.165, 1.54) is 19.2 Å². The molecule has 0 spiro atoms. The summed E-state index contributed by atoms with van der Waals surface area (Å²) in [7, 11) is -2.81. The van der Waals surface area contributed by atoms with Gasteiger partial charge in [0.1, 0.15) is 11.8 Å². The summed E-state index contributed by atoms with van der Waals surface area (Å²) in [5, 5.41) is 22.6. The molecule has 4 rings (SSSR count). The van der Waals surface area contributed by atoms with E-state index < -0.39 is 34.5 Å². The molecule has 2 aliphatic heterocycles. The third-order valence-electron chi connectivity index (χ3n) is 9.01. The van der Waals surface area contributed by atoms with Crippen LogP contribution < -0.4 is 30.7 Å². The number of carbonyl (C=O) groups excluding carboxylic acids is 2.